The second-order valence-electron chi connectivity index (χ2n) is 7.54. The molecule has 0 fully saturated rings. The first-order chi connectivity index (χ1) is 13.6. The van der Waals surface area contributed by atoms with Crippen LogP contribution in [-0.2, 0) is 0 Å². The van der Waals surface area contributed by atoms with Gasteiger partial charge < -0.3 is 15.5 Å². The number of hydrogen-bond acceptors (Lipinski definition) is 2. The third-order valence-electron chi connectivity index (χ3n) is 5.21. The third-order valence-corrected chi connectivity index (χ3v) is 5.21. The summed E-state index contributed by atoms with van der Waals surface area (Å²) in [6, 6.07) is 21.9. The van der Waals surface area contributed by atoms with Crippen LogP contribution in [0.2, 0.25) is 0 Å². The molecule has 4 nitrogen and oxygen atoms in total. The normalized spacial score (nSPS) is 12.0. The molecule has 0 heterocycles. The smallest absolute Gasteiger partial charge is 0.191 e. The Morgan fingerprint density at radius 3 is 1.96 bits per heavy atom. The lowest BCUT2D eigenvalue weighted by Gasteiger charge is -2.21. The van der Waals surface area contributed by atoms with Crippen molar-refractivity contribution < 1.29 is 0 Å². The van der Waals surface area contributed by atoms with Gasteiger partial charge in [0.25, 0.3) is 0 Å². The molecule has 0 saturated heterocycles. The molecule has 0 spiro atoms. The first-order valence-electron chi connectivity index (χ1n) is 10.4. The average Bonchev–Trinajstić information content (AvgIpc) is 2.73. The van der Waals surface area contributed by atoms with Crippen molar-refractivity contribution in [3.8, 4) is 0 Å². The fourth-order valence-electron chi connectivity index (χ4n) is 3.17. The minimum atomic E-state index is 0.292. The average molecular weight is 381 g/mol. The van der Waals surface area contributed by atoms with Gasteiger partial charge in [-0.3, -0.25) is 4.99 Å². The summed E-state index contributed by atoms with van der Waals surface area (Å²) in [5, 5.41) is 6.96. The summed E-state index contributed by atoms with van der Waals surface area (Å²) in [4.78, 5) is 6.78. The minimum absolute atomic E-state index is 0.292. The Morgan fingerprint density at radius 1 is 0.893 bits per heavy atom. The molecule has 0 aromatic heterocycles. The standard InChI is InChI=1S/C24H36N4/c1-20(2)28(4)18-12-11-17-26-24(25-3)27-19-23(21-13-7-5-8-14-21)22-15-9-6-10-16-22/h5-10,13-16,20,23H,11-12,17-19H2,1-4H3,(H2,25,26,27). The van der Waals surface area contributed by atoms with Gasteiger partial charge in [-0.15, -0.1) is 0 Å². The van der Waals surface area contributed by atoms with E-state index in [0.717, 1.165) is 32.0 Å². The first-order valence-corrected chi connectivity index (χ1v) is 10.4. The summed E-state index contributed by atoms with van der Waals surface area (Å²) in [5.41, 5.74) is 2.63. The van der Waals surface area contributed by atoms with E-state index in [1.807, 2.05) is 7.05 Å². The predicted molar refractivity (Wildman–Crippen MR) is 121 cm³/mol. The molecule has 0 saturated carbocycles. The predicted octanol–water partition coefficient (Wildman–Crippen LogP) is 4.10. The highest BCUT2D eigenvalue weighted by Crippen LogP contribution is 2.23. The van der Waals surface area contributed by atoms with E-state index in [2.05, 4.69) is 102 Å². The van der Waals surface area contributed by atoms with Crippen molar-refractivity contribution in [2.75, 3.05) is 33.7 Å². The fourth-order valence-corrected chi connectivity index (χ4v) is 3.17. The van der Waals surface area contributed by atoms with Crippen molar-refractivity contribution in [2.24, 2.45) is 4.99 Å². The lowest BCUT2D eigenvalue weighted by molar-refractivity contribution is 0.268. The SMILES string of the molecule is CN=C(NCCCCN(C)C(C)C)NCC(c1ccccc1)c1ccccc1. The van der Waals surface area contributed by atoms with E-state index in [1.165, 1.54) is 17.5 Å². The molecule has 28 heavy (non-hydrogen) atoms. The molecule has 0 radical (unpaired) electrons. The molecule has 0 aliphatic rings. The molecule has 2 aromatic rings. The van der Waals surface area contributed by atoms with Crippen molar-refractivity contribution in [3.63, 3.8) is 0 Å². The monoisotopic (exact) mass is 380 g/mol. The Kier molecular flexibility index (Phi) is 9.56. The molecular formula is C24H36N4. The summed E-state index contributed by atoms with van der Waals surface area (Å²) in [6.45, 7) is 7.35. The van der Waals surface area contributed by atoms with Crippen LogP contribution in [0.4, 0.5) is 0 Å². The molecule has 0 atom stereocenters. The van der Waals surface area contributed by atoms with Crippen LogP contribution in [0.5, 0.6) is 0 Å². The Bertz CT molecular complexity index is 643. The number of guanidine groups is 1. The molecule has 152 valence electrons. The third kappa shape index (κ3) is 7.35. The van der Waals surface area contributed by atoms with Gasteiger partial charge in [-0.1, -0.05) is 60.7 Å². The van der Waals surface area contributed by atoms with Crippen LogP contribution >= 0.6 is 0 Å². The Labute approximate surface area is 171 Å². The number of hydrogen-bond donors (Lipinski definition) is 2. The molecule has 0 aliphatic heterocycles. The second-order valence-corrected chi connectivity index (χ2v) is 7.54. The van der Waals surface area contributed by atoms with Gasteiger partial charge in [-0.2, -0.15) is 0 Å². The maximum Gasteiger partial charge on any atom is 0.191 e. The largest absolute Gasteiger partial charge is 0.356 e. The highest BCUT2D eigenvalue weighted by Gasteiger charge is 2.14. The van der Waals surface area contributed by atoms with E-state index in [0.29, 0.717) is 12.0 Å². The molecule has 0 bridgehead atoms. The van der Waals surface area contributed by atoms with Crippen LogP contribution in [0.1, 0.15) is 43.7 Å². The summed E-state index contributed by atoms with van der Waals surface area (Å²) in [6.07, 6.45) is 2.33. The summed E-state index contributed by atoms with van der Waals surface area (Å²) >= 11 is 0. The Morgan fingerprint density at radius 2 is 1.46 bits per heavy atom. The molecule has 4 heteroatoms. The lowest BCUT2D eigenvalue weighted by Crippen LogP contribution is -2.40. The minimum Gasteiger partial charge on any atom is -0.356 e. The van der Waals surface area contributed by atoms with Crippen LogP contribution in [0.15, 0.2) is 65.7 Å². The molecule has 2 aromatic carbocycles. The van der Waals surface area contributed by atoms with Gasteiger partial charge in [0.15, 0.2) is 5.96 Å². The van der Waals surface area contributed by atoms with Crippen LogP contribution < -0.4 is 10.6 Å². The zero-order valence-electron chi connectivity index (χ0n) is 17.9. The van der Waals surface area contributed by atoms with E-state index >= 15 is 0 Å². The van der Waals surface area contributed by atoms with E-state index < -0.39 is 0 Å². The van der Waals surface area contributed by atoms with Crippen LogP contribution in [0, 0.1) is 0 Å². The zero-order valence-corrected chi connectivity index (χ0v) is 17.9. The van der Waals surface area contributed by atoms with E-state index in [1.54, 1.807) is 0 Å². The molecule has 0 amide bonds. The van der Waals surface area contributed by atoms with Crippen molar-refractivity contribution in [2.45, 2.75) is 38.6 Å². The number of benzene rings is 2. The number of nitrogens with zero attached hydrogens (tertiary/aromatic N) is 2. The summed E-state index contributed by atoms with van der Waals surface area (Å²) in [7, 11) is 4.02. The summed E-state index contributed by atoms with van der Waals surface area (Å²) in [5.74, 6) is 1.16. The first kappa shape index (κ1) is 22.0. The molecular weight excluding hydrogens is 344 g/mol. The van der Waals surface area contributed by atoms with Gasteiger partial charge in [0.05, 0.1) is 0 Å². The number of unbranched alkanes of at least 4 members (excludes halogenated alkanes) is 1. The second kappa shape index (κ2) is 12.2. The summed E-state index contributed by atoms with van der Waals surface area (Å²) < 4.78 is 0. The molecule has 0 aliphatic carbocycles. The van der Waals surface area contributed by atoms with E-state index in [-0.39, 0.29) is 0 Å². The highest BCUT2D eigenvalue weighted by molar-refractivity contribution is 5.79. The van der Waals surface area contributed by atoms with Crippen molar-refractivity contribution in [1.82, 2.24) is 15.5 Å². The topological polar surface area (TPSA) is 39.7 Å². The van der Waals surface area contributed by atoms with Gasteiger partial charge in [0.1, 0.15) is 0 Å². The van der Waals surface area contributed by atoms with Crippen LogP contribution in [-0.4, -0.2) is 50.6 Å². The lowest BCUT2D eigenvalue weighted by atomic mass is 9.91. The van der Waals surface area contributed by atoms with Crippen molar-refractivity contribution in [1.29, 1.82) is 0 Å². The highest BCUT2D eigenvalue weighted by atomic mass is 15.2. The van der Waals surface area contributed by atoms with Crippen LogP contribution in [0.25, 0.3) is 0 Å². The Balaban J connectivity index is 1.85. The maximum atomic E-state index is 4.39. The van der Waals surface area contributed by atoms with Gasteiger partial charge in [0.2, 0.25) is 0 Å². The number of nitrogens with one attached hydrogen (secondary N) is 2. The van der Waals surface area contributed by atoms with Gasteiger partial charge >= 0.3 is 0 Å². The van der Waals surface area contributed by atoms with Crippen molar-refractivity contribution in [3.05, 3.63) is 71.8 Å². The fraction of sp³-hybridized carbons (Fsp3) is 0.458. The molecule has 0 unspecified atom stereocenters. The van der Waals surface area contributed by atoms with E-state index in [9.17, 15) is 0 Å². The van der Waals surface area contributed by atoms with Gasteiger partial charge in [-0.25, -0.2) is 0 Å². The number of rotatable bonds is 10. The van der Waals surface area contributed by atoms with Gasteiger partial charge in [-0.05, 0) is 51.4 Å². The van der Waals surface area contributed by atoms with Gasteiger partial charge in [0, 0.05) is 32.1 Å². The molecule has 2 N–H and O–H groups in total. The zero-order chi connectivity index (χ0) is 20.2. The maximum absolute atomic E-state index is 4.39. The quantitative estimate of drug-likeness (QED) is 0.370. The number of aliphatic imine (C=N–C) groups is 1. The van der Waals surface area contributed by atoms with Crippen molar-refractivity contribution >= 4 is 5.96 Å². The van der Waals surface area contributed by atoms with Crippen LogP contribution in [0.3, 0.4) is 0 Å². The van der Waals surface area contributed by atoms with E-state index in [4.69, 9.17) is 0 Å². The Hall–Kier alpha value is -2.33. The molecule has 2 rings (SSSR count).